The van der Waals surface area contributed by atoms with Crippen molar-refractivity contribution >= 4 is 0 Å². The number of pyridine rings is 1. The summed E-state index contributed by atoms with van der Waals surface area (Å²) in [5.41, 5.74) is -3.75. The fraction of sp³-hybridized carbons (Fsp3) is 0.714. The molecule has 0 saturated carbocycles. The monoisotopic (exact) mass is 853 g/mol. The minimum Gasteiger partial charge on any atom is -0.850 e. The summed E-state index contributed by atoms with van der Waals surface area (Å²) < 4.78 is 0. The molecule has 0 N–H and O–H groups in total. The Morgan fingerprint density at radius 1 is 0.417 bits per heavy atom. The van der Waals surface area contributed by atoms with Crippen LogP contribution in [0.1, 0.15) is 104 Å². The van der Waals surface area contributed by atoms with E-state index in [1.54, 1.807) is 116 Å². The van der Waals surface area contributed by atoms with Crippen molar-refractivity contribution in [1.29, 1.82) is 0 Å². The van der Waals surface area contributed by atoms with E-state index in [-0.39, 0.29) is 49.6 Å². The second kappa shape index (κ2) is 31.1. The fourth-order valence-corrected chi connectivity index (χ4v) is 0.313. The fourth-order valence-electron chi connectivity index (χ4n) is 0.313. The van der Waals surface area contributed by atoms with E-state index in [1.165, 1.54) is 0 Å². The molecular formula is C28H55NO5W2-6. The molecule has 0 radical (unpaired) electrons. The van der Waals surface area contributed by atoms with Crippen molar-refractivity contribution in [3.63, 3.8) is 0 Å². The summed E-state index contributed by atoms with van der Waals surface area (Å²) in [4.78, 5) is 3.78. The van der Waals surface area contributed by atoms with Crippen LogP contribution in [0.15, 0.2) is 30.6 Å². The number of hydrogen-bond acceptors (Lipinski definition) is 6. The van der Waals surface area contributed by atoms with Crippen LogP contribution in [0.5, 0.6) is 0 Å². The van der Waals surface area contributed by atoms with Crippen LogP contribution in [0, 0.1) is 20.3 Å². The molecule has 1 aromatic heterocycles. The SMILES string of the molecule is C#C.CC(C)(C)[O-].CC(C)(C)[O-].CC(C)(C)[O-].CC(C)(C)[O-].CC(C)(C)[O-].[CH3-].[W].[W].c1ccncc1. The predicted octanol–water partition coefficient (Wildman–Crippen LogP) is 2.50. The first-order valence-electron chi connectivity index (χ1n) is 10.7. The molecule has 1 rings (SSSR count). The van der Waals surface area contributed by atoms with Crippen LogP contribution in [-0.2, 0) is 42.1 Å². The van der Waals surface area contributed by atoms with Gasteiger partial charge in [-0.3, -0.25) is 4.98 Å². The van der Waals surface area contributed by atoms with E-state index in [2.05, 4.69) is 17.8 Å². The Hall–Kier alpha value is -0.113. The van der Waals surface area contributed by atoms with Crippen molar-refractivity contribution < 1.29 is 67.7 Å². The van der Waals surface area contributed by atoms with Gasteiger partial charge in [-0.2, -0.15) is 0 Å². The van der Waals surface area contributed by atoms with Crippen LogP contribution in [0.3, 0.4) is 0 Å². The van der Waals surface area contributed by atoms with E-state index in [4.69, 9.17) is 0 Å². The molecular weight excluding hydrogens is 798 g/mol. The van der Waals surface area contributed by atoms with Gasteiger partial charge in [-0.15, -0.1) is 40.9 Å². The molecule has 0 amide bonds. The van der Waals surface area contributed by atoms with Gasteiger partial charge < -0.3 is 33.0 Å². The van der Waals surface area contributed by atoms with Crippen molar-refractivity contribution in [3.8, 4) is 12.8 Å². The van der Waals surface area contributed by atoms with Gasteiger partial charge in [0.25, 0.3) is 0 Å². The van der Waals surface area contributed by atoms with Crippen LogP contribution in [0.25, 0.3) is 0 Å². The van der Waals surface area contributed by atoms with Gasteiger partial charge in [-0.1, -0.05) is 110 Å². The molecule has 6 nitrogen and oxygen atoms in total. The summed E-state index contributed by atoms with van der Waals surface area (Å²) in [6, 6.07) is 5.72. The van der Waals surface area contributed by atoms with Gasteiger partial charge in [0, 0.05) is 54.5 Å². The van der Waals surface area contributed by atoms with Crippen LogP contribution in [-0.4, -0.2) is 33.0 Å². The molecule has 220 valence electrons. The molecule has 0 bridgehead atoms. The Kier molecular flexibility index (Phi) is 52.2. The maximum Gasteiger partial charge on any atom is 0.0267 e. The molecule has 0 atom stereocenters. The normalized spacial score (nSPS) is 9.72. The Morgan fingerprint density at radius 3 is 0.556 bits per heavy atom. The van der Waals surface area contributed by atoms with Gasteiger partial charge >= 0.3 is 0 Å². The zero-order chi connectivity index (χ0) is 28.7. The van der Waals surface area contributed by atoms with Crippen molar-refractivity contribution in [3.05, 3.63) is 38.0 Å². The summed E-state index contributed by atoms with van der Waals surface area (Å²) in [7, 11) is 0. The smallest absolute Gasteiger partial charge is 0.0267 e. The quantitative estimate of drug-likeness (QED) is 0.292. The maximum absolute atomic E-state index is 10.1. The first-order valence-corrected chi connectivity index (χ1v) is 10.7. The third-order valence-corrected chi connectivity index (χ3v) is 0.566. The van der Waals surface area contributed by atoms with Crippen LogP contribution >= 0.6 is 0 Å². The van der Waals surface area contributed by atoms with Gasteiger partial charge in [0.05, 0.1) is 0 Å². The van der Waals surface area contributed by atoms with Gasteiger partial charge in [-0.05, 0) is 12.1 Å². The third-order valence-electron chi connectivity index (χ3n) is 0.566. The molecule has 0 spiro atoms. The maximum atomic E-state index is 10.1. The van der Waals surface area contributed by atoms with Gasteiger partial charge in [-0.25, -0.2) is 0 Å². The zero-order valence-corrected chi connectivity index (χ0v) is 31.7. The second-order valence-corrected chi connectivity index (χ2v) is 11.6. The molecule has 0 saturated heterocycles. The summed E-state index contributed by atoms with van der Waals surface area (Å²) >= 11 is 0. The van der Waals surface area contributed by atoms with Crippen molar-refractivity contribution in [1.82, 2.24) is 4.98 Å². The molecule has 1 heterocycles. The summed E-state index contributed by atoms with van der Waals surface area (Å²) in [5.74, 6) is 0. The number of rotatable bonds is 0. The first-order chi connectivity index (χ1) is 14.0. The van der Waals surface area contributed by atoms with E-state index >= 15 is 0 Å². The van der Waals surface area contributed by atoms with Crippen molar-refractivity contribution in [2.75, 3.05) is 0 Å². The number of aromatic nitrogens is 1. The summed E-state index contributed by atoms with van der Waals surface area (Å²) in [5, 5.41) is 50.5. The predicted molar refractivity (Wildman–Crippen MR) is 139 cm³/mol. The summed E-state index contributed by atoms with van der Waals surface area (Å²) in [6.07, 6.45) is 11.5. The molecule has 0 aliphatic heterocycles. The molecule has 1 aromatic rings. The minimum atomic E-state index is -0.750. The average molecular weight is 853 g/mol. The minimum absolute atomic E-state index is 0. The Morgan fingerprint density at radius 2 is 0.528 bits per heavy atom. The zero-order valence-electron chi connectivity index (χ0n) is 25.8. The Labute approximate surface area is 254 Å². The average Bonchev–Trinajstić information content (AvgIpc) is 2.42. The topological polar surface area (TPSA) is 128 Å². The number of nitrogens with zero attached hydrogens (tertiary/aromatic N) is 1. The number of terminal acetylenes is 1. The van der Waals surface area contributed by atoms with Gasteiger partial charge in [0.1, 0.15) is 0 Å². The van der Waals surface area contributed by atoms with Crippen molar-refractivity contribution in [2.45, 2.75) is 132 Å². The van der Waals surface area contributed by atoms with Crippen LogP contribution in [0.2, 0.25) is 0 Å². The van der Waals surface area contributed by atoms with E-state index in [0.29, 0.717) is 0 Å². The summed E-state index contributed by atoms with van der Waals surface area (Å²) in [6.45, 7) is 24.5. The third kappa shape index (κ3) is 1060. The standard InChI is InChI=1S/C5H5N.5C4H9O.C2H2.CH3.2W/c1-2-4-6-5-3-1;5*1-4(2,3)5;1-2;;;/h1-5H;5*1-3H3;1-2H;1H3;;/q;5*-1;;-1;;. The molecule has 8 heteroatoms. The van der Waals surface area contributed by atoms with E-state index in [0.717, 1.165) is 0 Å². The van der Waals surface area contributed by atoms with Crippen LogP contribution in [0.4, 0.5) is 0 Å². The largest absolute Gasteiger partial charge is 0.850 e. The molecule has 36 heavy (non-hydrogen) atoms. The molecule has 0 unspecified atom stereocenters. The van der Waals surface area contributed by atoms with Gasteiger partial charge in [0.2, 0.25) is 0 Å². The second-order valence-electron chi connectivity index (χ2n) is 11.6. The Bertz CT molecular complexity index is 379. The van der Waals surface area contributed by atoms with Gasteiger partial charge in [0.15, 0.2) is 0 Å². The van der Waals surface area contributed by atoms with Crippen molar-refractivity contribution in [2.24, 2.45) is 0 Å². The molecule has 0 aromatic carbocycles. The first kappa shape index (κ1) is 60.4. The molecule has 0 aliphatic carbocycles. The van der Waals surface area contributed by atoms with E-state index in [1.807, 2.05) is 18.2 Å². The van der Waals surface area contributed by atoms with E-state index < -0.39 is 28.0 Å². The number of hydrogen-bond donors (Lipinski definition) is 0. The molecule has 0 fully saturated rings. The van der Waals surface area contributed by atoms with Crippen LogP contribution < -0.4 is 25.5 Å². The van der Waals surface area contributed by atoms with E-state index in [9.17, 15) is 25.5 Å². The Balaban J connectivity index is -0.0000000337. The molecule has 0 aliphatic rings.